The number of aromatic nitrogens is 2. The van der Waals surface area contributed by atoms with Crippen molar-refractivity contribution in [2.45, 2.75) is 13.0 Å². The Morgan fingerprint density at radius 1 is 1.39 bits per heavy atom. The minimum Gasteiger partial charge on any atom is -0.354 e. The Bertz CT molecular complexity index is 511. The lowest BCUT2D eigenvalue weighted by atomic mass is 10.1. The standard InChI is InChI=1S/C11H13N5OS/c1-7(14-11-16-13-6-18-11)8-2-4-9(5-3-8)15-10(12)17/h2-7H,1H3,(H,14,16)(H3,12,15,17). The predicted molar refractivity (Wildman–Crippen MR) is 71.6 cm³/mol. The summed E-state index contributed by atoms with van der Waals surface area (Å²) in [7, 11) is 0. The molecule has 7 heteroatoms. The van der Waals surface area contributed by atoms with Crippen LogP contribution in [0.25, 0.3) is 0 Å². The van der Waals surface area contributed by atoms with Crippen LogP contribution in [0.5, 0.6) is 0 Å². The van der Waals surface area contributed by atoms with Crippen molar-refractivity contribution >= 4 is 28.2 Å². The molecule has 0 saturated heterocycles. The van der Waals surface area contributed by atoms with Gasteiger partial charge in [0.25, 0.3) is 0 Å². The quantitative estimate of drug-likeness (QED) is 0.788. The van der Waals surface area contributed by atoms with Gasteiger partial charge >= 0.3 is 6.03 Å². The molecule has 0 aliphatic heterocycles. The Morgan fingerprint density at radius 2 is 2.11 bits per heavy atom. The molecule has 1 unspecified atom stereocenters. The summed E-state index contributed by atoms with van der Waals surface area (Å²) < 4.78 is 0. The van der Waals surface area contributed by atoms with Gasteiger partial charge in [-0.2, -0.15) is 0 Å². The van der Waals surface area contributed by atoms with Gasteiger partial charge in [-0.05, 0) is 24.6 Å². The number of primary amides is 1. The number of hydrogen-bond donors (Lipinski definition) is 3. The molecule has 2 aromatic rings. The minimum atomic E-state index is -0.567. The van der Waals surface area contributed by atoms with Crippen LogP contribution < -0.4 is 16.4 Å². The molecule has 1 atom stereocenters. The molecular formula is C11H13N5OS. The SMILES string of the molecule is CC(Nc1nncs1)c1ccc(NC(N)=O)cc1. The van der Waals surface area contributed by atoms with Gasteiger partial charge in [0.2, 0.25) is 5.13 Å². The number of carbonyl (C=O) groups excluding carboxylic acids is 1. The normalized spacial score (nSPS) is 11.8. The Kier molecular flexibility index (Phi) is 3.73. The average molecular weight is 263 g/mol. The molecule has 0 aliphatic carbocycles. The van der Waals surface area contributed by atoms with Gasteiger partial charge in [0.05, 0.1) is 6.04 Å². The van der Waals surface area contributed by atoms with Crippen LogP contribution in [0.2, 0.25) is 0 Å². The summed E-state index contributed by atoms with van der Waals surface area (Å²) in [5.74, 6) is 0. The van der Waals surface area contributed by atoms with E-state index in [0.717, 1.165) is 10.7 Å². The van der Waals surface area contributed by atoms with E-state index in [-0.39, 0.29) is 6.04 Å². The van der Waals surface area contributed by atoms with Crippen LogP contribution in [-0.4, -0.2) is 16.2 Å². The lowest BCUT2D eigenvalue weighted by Gasteiger charge is -2.13. The largest absolute Gasteiger partial charge is 0.354 e. The van der Waals surface area contributed by atoms with Crippen molar-refractivity contribution in [3.05, 3.63) is 35.3 Å². The predicted octanol–water partition coefficient (Wildman–Crippen LogP) is 2.20. The lowest BCUT2D eigenvalue weighted by molar-refractivity contribution is 0.259. The van der Waals surface area contributed by atoms with Gasteiger partial charge in [0.1, 0.15) is 5.51 Å². The fourth-order valence-electron chi connectivity index (χ4n) is 1.50. The van der Waals surface area contributed by atoms with Gasteiger partial charge in [-0.15, -0.1) is 10.2 Å². The molecule has 0 saturated carbocycles. The maximum absolute atomic E-state index is 10.7. The van der Waals surface area contributed by atoms with Crippen molar-refractivity contribution in [3.63, 3.8) is 0 Å². The second kappa shape index (κ2) is 5.46. The number of urea groups is 1. The fraction of sp³-hybridized carbons (Fsp3) is 0.182. The number of nitrogens with one attached hydrogen (secondary N) is 2. The van der Waals surface area contributed by atoms with Crippen molar-refractivity contribution < 1.29 is 4.79 Å². The molecule has 1 aromatic heterocycles. The third-order valence-electron chi connectivity index (χ3n) is 2.38. The second-order valence-electron chi connectivity index (χ2n) is 3.72. The Morgan fingerprint density at radius 3 is 2.67 bits per heavy atom. The van der Waals surface area contributed by atoms with E-state index in [1.807, 2.05) is 19.1 Å². The highest BCUT2D eigenvalue weighted by molar-refractivity contribution is 7.13. The molecule has 6 nitrogen and oxygen atoms in total. The van der Waals surface area contributed by atoms with Gasteiger partial charge < -0.3 is 16.4 Å². The van der Waals surface area contributed by atoms with Crippen LogP contribution in [0.15, 0.2) is 29.8 Å². The Labute approximate surface area is 108 Å². The fourth-order valence-corrected chi connectivity index (χ4v) is 2.04. The van der Waals surface area contributed by atoms with Gasteiger partial charge in [0, 0.05) is 5.69 Å². The first-order valence-corrected chi connectivity index (χ1v) is 6.22. The van der Waals surface area contributed by atoms with Crippen molar-refractivity contribution in [1.82, 2.24) is 10.2 Å². The molecule has 18 heavy (non-hydrogen) atoms. The molecule has 0 spiro atoms. The number of carbonyl (C=O) groups is 1. The summed E-state index contributed by atoms with van der Waals surface area (Å²) in [6.07, 6.45) is 0. The number of nitrogens with zero attached hydrogens (tertiary/aromatic N) is 2. The van der Waals surface area contributed by atoms with Crippen molar-refractivity contribution in [1.29, 1.82) is 0 Å². The first-order valence-electron chi connectivity index (χ1n) is 5.34. The smallest absolute Gasteiger partial charge is 0.316 e. The van der Waals surface area contributed by atoms with Crippen LogP contribution in [0.1, 0.15) is 18.5 Å². The van der Waals surface area contributed by atoms with Gasteiger partial charge in [-0.1, -0.05) is 23.5 Å². The van der Waals surface area contributed by atoms with Crippen LogP contribution in [0.4, 0.5) is 15.6 Å². The maximum Gasteiger partial charge on any atom is 0.316 e. The van der Waals surface area contributed by atoms with E-state index in [0.29, 0.717) is 5.69 Å². The van der Waals surface area contributed by atoms with Gasteiger partial charge in [0.15, 0.2) is 0 Å². The summed E-state index contributed by atoms with van der Waals surface area (Å²) in [5.41, 5.74) is 8.47. The molecular weight excluding hydrogens is 250 g/mol. The first kappa shape index (κ1) is 12.3. The summed E-state index contributed by atoms with van der Waals surface area (Å²) in [5, 5.41) is 14.2. The van der Waals surface area contributed by atoms with Crippen molar-refractivity contribution in [2.24, 2.45) is 5.73 Å². The Hall–Kier alpha value is -2.15. The van der Waals surface area contributed by atoms with E-state index in [1.165, 1.54) is 11.3 Å². The number of benzene rings is 1. The molecule has 2 amide bonds. The minimum absolute atomic E-state index is 0.112. The van der Waals surface area contributed by atoms with Crippen LogP contribution in [0, 0.1) is 0 Å². The summed E-state index contributed by atoms with van der Waals surface area (Å²) >= 11 is 1.45. The monoisotopic (exact) mass is 263 g/mol. The first-order chi connectivity index (χ1) is 8.65. The summed E-state index contributed by atoms with van der Waals surface area (Å²) in [6, 6.07) is 6.99. The second-order valence-corrected chi connectivity index (χ2v) is 4.55. The van der Waals surface area contributed by atoms with E-state index in [2.05, 4.69) is 20.8 Å². The van der Waals surface area contributed by atoms with Gasteiger partial charge in [-0.25, -0.2) is 4.79 Å². The molecule has 4 N–H and O–H groups in total. The summed E-state index contributed by atoms with van der Waals surface area (Å²) in [4.78, 5) is 10.7. The van der Waals surface area contributed by atoms with Crippen molar-refractivity contribution in [2.75, 3.05) is 10.6 Å². The molecule has 0 aliphatic rings. The molecule has 0 bridgehead atoms. The molecule has 0 fully saturated rings. The molecule has 0 radical (unpaired) electrons. The zero-order valence-electron chi connectivity index (χ0n) is 9.75. The number of hydrogen-bond acceptors (Lipinski definition) is 5. The number of anilines is 2. The highest BCUT2D eigenvalue weighted by Gasteiger charge is 2.07. The van der Waals surface area contributed by atoms with E-state index in [1.54, 1.807) is 17.6 Å². The highest BCUT2D eigenvalue weighted by atomic mass is 32.1. The number of rotatable bonds is 4. The van der Waals surface area contributed by atoms with Crippen LogP contribution >= 0.6 is 11.3 Å². The third kappa shape index (κ3) is 3.17. The zero-order chi connectivity index (χ0) is 13.0. The van der Waals surface area contributed by atoms with Gasteiger partial charge in [-0.3, -0.25) is 0 Å². The van der Waals surface area contributed by atoms with E-state index in [4.69, 9.17) is 5.73 Å². The van der Waals surface area contributed by atoms with Crippen LogP contribution in [0.3, 0.4) is 0 Å². The van der Waals surface area contributed by atoms with Crippen LogP contribution in [-0.2, 0) is 0 Å². The average Bonchev–Trinajstić information content (AvgIpc) is 2.82. The topological polar surface area (TPSA) is 92.9 Å². The molecule has 94 valence electrons. The van der Waals surface area contributed by atoms with E-state index in [9.17, 15) is 4.79 Å². The summed E-state index contributed by atoms with van der Waals surface area (Å²) in [6.45, 7) is 2.03. The number of amides is 2. The van der Waals surface area contributed by atoms with E-state index < -0.39 is 6.03 Å². The third-order valence-corrected chi connectivity index (χ3v) is 3.00. The van der Waals surface area contributed by atoms with E-state index >= 15 is 0 Å². The molecule has 1 heterocycles. The highest BCUT2D eigenvalue weighted by Crippen LogP contribution is 2.21. The zero-order valence-corrected chi connectivity index (χ0v) is 10.6. The number of nitrogens with two attached hydrogens (primary N) is 1. The lowest BCUT2D eigenvalue weighted by Crippen LogP contribution is -2.19. The van der Waals surface area contributed by atoms with Crippen molar-refractivity contribution in [3.8, 4) is 0 Å². The maximum atomic E-state index is 10.7. The Balaban J connectivity index is 2.02. The molecule has 1 aromatic carbocycles. The molecule has 2 rings (SSSR count).